The number of aromatic nitrogens is 2. The fraction of sp³-hybridized carbons (Fsp3) is 0.379. The molecule has 0 fully saturated rings. The Bertz CT molecular complexity index is 1530. The highest BCUT2D eigenvalue weighted by molar-refractivity contribution is 6.39. The first-order valence-electron chi connectivity index (χ1n) is 13.7. The smallest absolute Gasteiger partial charge is 0.326 e. The highest BCUT2D eigenvalue weighted by Gasteiger charge is 2.24. The number of azide groups is 1. The van der Waals surface area contributed by atoms with Gasteiger partial charge in [0.25, 0.3) is 11.5 Å². The maximum atomic E-state index is 13.0. The van der Waals surface area contributed by atoms with Crippen molar-refractivity contribution in [3.05, 3.63) is 90.6 Å². The van der Waals surface area contributed by atoms with Crippen LogP contribution in [0.4, 0.5) is 0 Å². The maximum absolute atomic E-state index is 13.0. The number of amides is 1. The van der Waals surface area contributed by atoms with Gasteiger partial charge in [-0.1, -0.05) is 58.6 Å². The van der Waals surface area contributed by atoms with Crippen LogP contribution in [0.25, 0.3) is 21.6 Å². The van der Waals surface area contributed by atoms with E-state index in [1.165, 1.54) is 30.1 Å². The summed E-state index contributed by atoms with van der Waals surface area (Å²) in [5.41, 5.74) is 9.21. The molecule has 3 aromatic rings. The Morgan fingerprint density at radius 1 is 1.00 bits per heavy atom. The van der Waals surface area contributed by atoms with Crippen LogP contribution >= 0.6 is 23.2 Å². The van der Waals surface area contributed by atoms with E-state index in [-0.39, 0.29) is 58.7 Å². The van der Waals surface area contributed by atoms with Gasteiger partial charge in [0.05, 0.1) is 67.0 Å². The summed E-state index contributed by atoms with van der Waals surface area (Å²) in [6.45, 7) is 2.42. The summed E-state index contributed by atoms with van der Waals surface area (Å²) in [5.74, 6) is -1.69. The van der Waals surface area contributed by atoms with Crippen LogP contribution in [-0.2, 0) is 32.5 Å². The summed E-state index contributed by atoms with van der Waals surface area (Å²) >= 11 is 12.2. The minimum atomic E-state index is -1.27. The van der Waals surface area contributed by atoms with Crippen molar-refractivity contribution in [2.75, 3.05) is 52.8 Å². The Morgan fingerprint density at radius 2 is 1.60 bits per heavy atom. The van der Waals surface area contributed by atoms with Crippen molar-refractivity contribution in [2.45, 2.75) is 12.5 Å². The quantitative estimate of drug-likeness (QED) is 0.0830. The second-order valence-corrected chi connectivity index (χ2v) is 10.1. The Labute approximate surface area is 268 Å². The molecule has 0 spiro atoms. The lowest BCUT2D eigenvalue weighted by molar-refractivity contribution is -0.139. The number of nitrogens with one attached hydrogen (secondary N) is 1. The summed E-state index contributed by atoms with van der Waals surface area (Å²) in [4.78, 5) is 40.3. The summed E-state index contributed by atoms with van der Waals surface area (Å²) in [7, 11) is 1.52. The van der Waals surface area contributed by atoms with E-state index in [1.54, 1.807) is 30.3 Å². The van der Waals surface area contributed by atoms with Gasteiger partial charge in [0.15, 0.2) is 5.75 Å². The molecule has 14 nitrogen and oxygen atoms in total. The number of hydrogen-bond donors (Lipinski definition) is 2. The van der Waals surface area contributed by atoms with Gasteiger partial charge in [0.1, 0.15) is 12.6 Å². The minimum absolute atomic E-state index is 0.0102. The Balaban J connectivity index is 1.55. The van der Waals surface area contributed by atoms with Crippen LogP contribution in [0.5, 0.6) is 5.75 Å². The van der Waals surface area contributed by atoms with Gasteiger partial charge in [0, 0.05) is 24.9 Å². The van der Waals surface area contributed by atoms with E-state index < -0.39 is 17.9 Å². The summed E-state index contributed by atoms with van der Waals surface area (Å²) < 4.78 is 23.1. The second kappa shape index (κ2) is 18.6. The molecule has 0 unspecified atom stereocenters. The van der Waals surface area contributed by atoms with Crippen molar-refractivity contribution in [3.8, 4) is 16.9 Å². The van der Waals surface area contributed by atoms with Gasteiger partial charge >= 0.3 is 5.97 Å². The molecule has 0 bridgehead atoms. The van der Waals surface area contributed by atoms with E-state index in [0.717, 1.165) is 0 Å². The maximum Gasteiger partial charge on any atom is 0.326 e. The monoisotopic (exact) mass is 662 g/mol. The summed E-state index contributed by atoms with van der Waals surface area (Å²) in [6, 6.07) is 9.94. The number of hydrogen-bond acceptors (Lipinski definition) is 9. The molecule has 240 valence electrons. The van der Waals surface area contributed by atoms with Gasteiger partial charge in [0.2, 0.25) is 0 Å². The van der Waals surface area contributed by atoms with E-state index in [1.807, 2.05) is 0 Å². The number of nitrogens with zero attached hydrogens (tertiary/aromatic N) is 5. The molecule has 0 aliphatic heterocycles. The molecule has 1 aromatic heterocycles. The van der Waals surface area contributed by atoms with E-state index in [4.69, 9.17) is 47.7 Å². The van der Waals surface area contributed by atoms with E-state index in [0.29, 0.717) is 44.2 Å². The SMILES string of the molecule is Cn1ncc(OCCOCCOCCOCCN=[N+]=[N-])c(-c2ccc(C[C@H](NC(=O)c3c(Cl)cccc3Cl)C(=O)O)cc2)c1=O. The number of ether oxygens (including phenoxy) is 4. The molecule has 2 N–H and O–H groups in total. The molecule has 45 heavy (non-hydrogen) atoms. The van der Waals surface area contributed by atoms with Crippen LogP contribution in [0.2, 0.25) is 10.0 Å². The van der Waals surface area contributed by atoms with Crippen molar-refractivity contribution >= 4 is 35.1 Å². The number of carbonyl (C=O) groups excluding carboxylic acids is 1. The van der Waals surface area contributed by atoms with Crippen molar-refractivity contribution in [3.63, 3.8) is 0 Å². The molecule has 0 aliphatic rings. The molecule has 3 rings (SSSR count). The zero-order valence-corrected chi connectivity index (χ0v) is 25.9. The van der Waals surface area contributed by atoms with Crippen molar-refractivity contribution in [1.29, 1.82) is 0 Å². The van der Waals surface area contributed by atoms with Gasteiger partial charge in [-0.05, 0) is 28.8 Å². The van der Waals surface area contributed by atoms with Gasteiger partial charge in [-0.15, -0.1) is 0 Å². The van der Waals surface area contributed by atoms with Crippen LogP contribution in [-0.4, -0.2) is 85.6 Å². The number of carbonyl (C=O) groups is 2. The first-order chi connectivity index (χ1) is 21.7. The second-order valence-electron chi connectivity index (χ2n) is 9.31. The van der Waals surface area contributed by atoms with E-state index in [9.17, 15) is 19.5 Å². The molecule has 1 atom stereocenters. The molecule has 0 saturated carbocycles. The standard InChI is InChI=1S/C29H32Cl2N6O8/c1-37-28(39)25(24(18-34-37)45-16-15-44-14-13-43-12-11-42-10-9-33-36-32)20-7-5-19(6-8-20)17-23(29(40)41)35-27(38)26-21(30)3-2-4-22(26)31/h2-8,18,23H,9-17H2,1H3,(H,35,38)(H,40,41)/t23-/m0/s1. The Hall–Kier alpha value is -4.17. The summed E-state index contributed by atoms with van der Waals surface area (Å²) in [6.07, 6.45) is 1.40. The number of aliphatic carboxylic acids is 1. The molecule has 16 heteroatoms. The van der Waals surface area contributed by atoms with Gasteiger partial charge < -0.3 is 29.4 Å². The molecule has 0 saturated heterocycles. The molecular formula is C29H32Cl2N6O8. The normalized spacial score (nSPS) is 11.4. The first kappa shape index (κ1) is 35.3. The molecule has 0 radical (unpaired) electrons. The van der Waals surface area contributed by atoms with Crippen LogP contribution in [0.3, 0.4) is 0 Å². The van der Waals surface area contributed by atoms with Gasteiger partial charge in [-0.2, -0.15) is 5.10 Å². The van der Waals surface area contributed by atoms with Gasteiger partial charge in [-0.3, -0.25) is 9.59 Å². The summed E-state index contributed by atoms with van der Waals surface area (Å²) in [5, 5.41) is 19.8. The topological polar surface area (TPSA) is 187 Å². The number of aryl methyl sites for hydroxylation is 1. The lowest BCUT2D eigenvalue weighted by atomic mass is 10.0. The van der Waals surface area contributed by atoms with E-state index in [2.05, 4.69) is 20.4 Å². The van der Waals surface area contributed by atoms with Crippen LogP contribution in [0, 0.1) is 0 Å². The highest BCUT2D eigenvalue weighted by Crippen LogP contribution is 2.27. The highest BCUT2D eigenvalue weighted by atomic mass is 35.5. The lowest BCUT2D eigenvalue weighted by Crippen LogP contribution is -2.42. The molecule has 1 heterocycles. The van der Waals surface area contributed by atoms with E-state index >= 15 is 0 Å². The van der Waals surface area contributed by atoms with Crippen molar-refractivity contribution in [1.82, 2.24) is 15.1 Å². The van der Waals surface area contributed by atoms with Crippen molar-refractivity contribution in [2.24, 2.45) is 12.2 Å². The number of benzene rings is 2. The number of rotatable bonds is 19. The van der Waals surface area contributed by atoms with Crippen LogP contribution in [0.15, 0.2) is 58.6 Å². The average Bonchev–Trinajstić information content (AvgIpc) is 3.01. The first-order valence-corrected chi connectivity index (χ1v) is 14.5. The Kier molecular flexibility index (Phi) is 14.6. The van der Waals surface area contributed by atoms with Crippen LogP contribution < -0.4 is 15.6 Å². The third kappa shape index (κ3) is 11.0. The molecule has 1 amide bonds. The number of carboxylic acids is 1. The third-order valence-electron chi connectivity index (χ3n) is 6.21. The Morgan fingerprint density at radius 3 is 2.20 bits per heavy atom. The largest absolute Gasteiger partial charge is 0.489 e. The third-order valence-corrected chi connectivity index (χ3v) is 6.84. The zero-order chi connectivity index (χ0) is 32.6. The predicted octanol–water partition coefficient (Wildman–Crippen LogP) is 3.92. The molecule has 0 aliphatic carbocycles. The average molecular weight is 664 g/mol. The minimum Gasteiger partial charge on any atom is -0.489 e. The van der Waals surface area contributed by atoms with Crippen molar-refractivity contribution < 1.29 is 33.6 Å². The number of carboxylic acid groups (broad SMARTS) is 1. The number of halogens is 2. The zero-order valence-electron chi connectivity index (χ0n) is 24.4. The predicted molar refractivity (Wildman–Crippen MR) is 166 cm³/mol. The fourth-order valence-electron chi connectivity index (χ4n) is 3.99. The van der Waals surface area contributed by atoms with Gasteiger partial charge in [-0.25, -0.2) is 9.48 Å². The molecule has 2 aromatic carbocycles. The fourth-order valence-corrected chi connectivity index (χ4v) is 4.56. The van der Waals surface area contributed by atoms with Crippen LogP contribution in [0.1, 0.15) is 15.9 Å². The lowest BCUT2D eigenvalue weighted by Gasteiger charge is -2.16. The molecular weight excluding hydrogens is 631 g/mol.